The molecule has 2 heterocycles. The van der Waals surface area contributed by atoms with Crippen LogP contribution < -0.4 is 10.6 Å². The summed E-state index contributed by atoms with van der Waals surface area (Å²) in [5.41, 5.74) is 1.45. The zero-order valence-corrected chi connectivity index (χ0v) is 13.7. The molecule has 1 aliphatic carbocycles. The van der Waals surface area contributed by atoms with Crippen molar-refractivity contribution in [1.82, 2.24) is 10.6 Å². The van der Waals surface area contributed by atoms with Crippen molar-refractivity contribution in [2.24, 2.45) is 5.92 Å². The van der Waals surface area contributed by atoms with Crippen molar-refractivity contribution in [2.45, 2.75) is 71.0 Å². The van der Waals surface area contributed by atoms with Gasteiger partial charge >= 0.3 is 0 Å². The molecule has 1 saturated carbocycles. The number of nitrogens with one attached hydrogen (secondary N) is 2. The van der Waals surface area contributed by atoms with E-state index in [1.54, 1.807) is 0 Å². The summed E-state index contributed by atoms with van der Waals surface area (Å²) in [6.45, 7) is 6.75. The standard InChI is InChI=1S/C17H28N2S/c1-12-10-14(20-13(12)2)11-19-17-7-4-3-6-15(17)16-8-5-9-18-16/h10,15-19H,3-9,11H2,1-2H3. The van der Waals surface area contributed by atoms with Gasteiger partial charge in [-0.05, 0) is 63.6 Å². The van der Waals surface area contributed by atoms with Gasteiger partial charge < -0.3 is 10.6 Å². The summed E-state index contributed by atoms with van der Waals surface area (Å²) in [5.74, 6) is 0.855. The van der Waals surface area contributed by atoms with Gasteiger partial charge in [0.15, 0.2) is 0 Å². The molecule has 3 atom stereocenters. The first-order chi connectivity index (χ1) is 9.74. The lowest BCUT2D eigenvalue weighted by molar-refractivity contribution is 0.214. The molecule has 1 saturated heterocycles. The van der Waals surface area contributed by atoms with Crippen LogP contribution in [0.4, 0.5) is 0 Å². The lowest BCUT2D eigenvalue weighted by Crippen LogP contribution is -2.46. The quantitative estimate of drug-likeness (QED) is 0.883. The summed E-state index contributed by atoms with van der Waals surface area (Å²) in [6.07, 6.45) is 8.38. The van der Waals surface area contributed by atoms with Crippen molar-refractivity contribution in [2.75, 3.05) is 6.54 Å². The molecule has 2 N–H and O–H groups in total. The number of hydrogen-bond acceptors (Lipinski definition) is 3. The van der Waals surface area contributed by atoms with Crippen LogP contribution in [0.2, 0.25) is 0 Å². The van der Waals surface area contributed by atoms with Gasteiger partial charge in [-0.3, -0.25) is 0 Å². The molecule has 0 amide bonds. The van der Waals surface area contributed by atoms with Crippen LogP contribution >= 0.6 is 11.3 Å². The second-order valence-electron chi connectivity index (χ2n) is 6.59. The van der Waals surface area contributed by atoms with E-state index in [1.807, 2.05) is 11.3 Å². The van der Waals surface area contributed by atoms with E-state index in [0.29, 0.717) is 0 Å². The Kier molecular flexibility index (Phi) is 4.79. The fourth-order valence-electron chi connectivity index (χ4n) is 3.94. The molecule has 0 radical (unpaired) electrons. The molecule has 0 spiro atoms. The van der Waals surface area contributed by atoms with Crippen molar-refractivity contribution in [1.29, 1.82) is 0 Å². The Morgan fingerprint density at radius 1 is 1.20 bits per heavy atom. The molecule has 2 nitrogen and oxygen atoms in total. The van der Waals surface area contributed by atoms with Crippen LogP contribution in [0, 0.1) is 19.8 Å². The summed E-state index contributed by atoms with van der Waals surface area (Å²) in [5, 5.41) is 7.61. The number of aryl methyl sites for hydroxylation is 2. The van der Waals surface area contributed by atoms with Crippen LogP contribution in [-0.2, 0) is 6.54 Å². The smallest absolute Gasteiger partial charge is 0.0302 e. The minimum Gasteiger partial charge on any atom is -0.314 e. The molecule has 1 aromatic rings. The van der Waals surface area contributed by atoms with Gasteiger partial charge in [0.05, 0.1) is 0 Å². The summed E-state index contributed by atoms with van der Waals surface area (Å²) in [4.78, 5) is 2.98. The molecular weight excluding hydrogens is 264 g/mol. The Labute approximate surface area is 127 Å². The molecule has 3 heteroatoms. The first kappa shape index (κ1) is 14.6. The van der Waals surface area contributed by atoms with Crippen molar-refractivity contribution >= 4 is 11.3 Å². The highest BCUT2D eigenvalue weighted by molar-refractivity contribution is 7.12. The highest BCUT2D eigenvalue weighted by Gasteiger charge is 2.32. The molecule has 1 aliphatic heterocycles. The van der Waals surface area contributed by atoms with E-state index in [-0.39, 0.29) is 0 Å². The van der Waals surface area contributed by atoms with Crippen LogP contribution in [0.1, 0.15) is 53.8 Å². The predicted molar refractivity (Wildman–Crippen MR) is 87.4 cm³/mol. The van der Waals surface area contributed by atoms with Crippen molar-refractivity contribution in [3.8, 4) is 0 Å². The highest BCUT2D eigenvalue weighted by atomic mass is 32.1. The molecule has 112 valence electrons. The molecule has 3 rings (SSSR count). The Morgan fingerprint density at radius 3 is 2.75 bits per heavy atom. The zero-order valence-electron chi connectivity index (χ0n) is 12.9. The average molecular weight is 292 g/mol. The first-order valence-corrected chi connectivity index (χ1v) is 9.08. The van der Waals surface area contributed by atoms with Gasteiger partial charge in [-0.15, -0.1) is 11.3 Å². The van der Waals surface area contributed by atoms with Crippen LogP contribution in [0.3, 0.4) is 0 Å². The van der Waals surface area contributed by atoms with E-state index in [0.717, 1.165) is 24.5 Å². The maximum atomic E-state index is 3.88. The van der Waals surface area contributed by atoms with E-state index in [4.69, 9.17) is 0 Å². The normalized spacial score (nSPS) is 30.8. The molecule has 20 heavy (non-hydrogen) atoms. The molecule has 2 aliphatic rings. The Hall–Kier alpha value is -0.380. The first-order valence-electron chi connectivity index (χ1n) is 8.27. The topological polar surface area (TPSA) is 24.1 Å². The second kappa shape index (κ2) is 6.59. The van der Waals surface area contributed by atoms with E-state index in [2.05, 4.69) is 30.5 Å². The van der Waals surface area contributed by atoms with Gasteiger partial charge in [0.1, 0.15) is 0 Å². The molecule has 0 aromatic carbocycles. The summed E-state index contributed by atoms with van der Waals surface area (Å²) < 4.78 is 0. The maximum Gasteiger partial charge on any atom is 0.0302 e. The fraction of sp³-hybridized carbons (Fsp3) is 0.765. The van der Waals surface area contributed by atoms with E-state index >= 15 is 0 Å². The minimum absolute atomic E-state index is 0.724. The lowest BCUT2D eigenvalue weighted by atomic mass is 9.79. The monoisotopic (exact) mass is 292 g/mol. The number of hydrogen-bond donors (Lipinski definition) is 2. The zero-order chi connectivity index (χ0) is 13.9. The largest absolute Gasteiger partial charge is 0.314 e. The molecule has 0 bridgehead atoms. The predicted octanol–water partition coefficient (Wildman–Crippen LogP) is 3.77. The minimum atomic E-state index is 0.724. The van der Waals surface area contributed by atoms with Gasteiger partial charge in [0.25, 0.3) is 0 Å². The fourth-order valence-corrected chi connectivity index (χ4v) is 4.94. The van der Waals surface area contributed by atoms with Crippen molar-refractivity contribution in [3.63, 3.8) is 0 Å². The summed E-state index contributed by atoms with van der Waals surface area (Å²) in [6, 6.07) is 3.86. The summed E-state index contributed by atoms with van der Waals surface area (Å²) >= 11 is 1.96. The summed E-state index contributed by atoms with van der Waals surface area (Å²) in [7, 11) is 0. The molecule has 2 fully saturated rings. The third kappa shape index (κ3) is 3.26. The van der Waals surface area contributed by atoms with Gasteiger partial charge in [-0.2, -0.15) is 0 Å². The SMILES string of the molecule is Cc1cc(CNC2CCCCC2C2CCCN2)sc1C. The van der Waals surface area contributed by atoms with Crippen LogP contribution in [0.5, 0.6) is 0 Å². The maximum absolute atomic E-state index is 3.88. The van der Waals surface area contributed by atoms with Crippen molar-refractivity contribution in [3.05, 3.63) is 21.4 Å². The lowest BCUT2D eigenvalue weighted by Gasteiger charge is -2.36. The molecule has 3 unspecified atom stereocenters. The highest BCUT2D eigenvalue weighted by Crippen LogP contribution is 2.31. The number of thiophene rings is 1. The Balaban J connectivity index is 1.58. The van der Waals surface area contributed by atoms with Gasteiger partial charge in [0.2, 0.25) is 0 Å². The average Bonchev–Trinajstić information content (AvgIpc) is 3.08. The Morgan fingerprint density at radius 2 is 2.05 bits per heavy atom. The van der Waals surface area contributed by atoms with Crippen LogP contribution in [-0.4, -0.2) is 18.6 Å². The third-order valence-corrected chi connectivity index (χ3v) is 6.34. The molecular formula is C17H28N2S. The van der Waals surface area contributed by atoms with Gasteiger partial charge in [-0.1, -0.05) is 12.8 Å². The van der Waals surface area contributed by atoms with E-state index in [1.165, 1.54) is 60.4 Å². The van der Waals surface area contributed by atoms with Crippen LogP contribution in [0.15, 0.2) is 6.07 Å². The third-order valence-electron chi connectivity index (χ3n) is 5.19. The molecule has 1 aromatic heterocycles. The van der Waals surface area contributed by atoms with Crippen LogP contribution in [0.25, 0.3) is 0 Å². The van der Waals surface area contributed by atoms with Gasteiger partial charge in [-0.25, -0.2) is 0 Å². The van der Waals surface area contributed by atoms with E-state index < -0.39 is 0 Å². The van der Waals surface area contributed by atoms with E-state index in [9.17, 15) is 0 Å². The van der Waals surface area contributed by atoms with Gasteiger partial charge in [0, 0.05) is 28.4 Å². The number of rotatable bonds is 4. The Bertz CT molecular complexity index is 415. The van der Waals surface area contributed by atoms with Crippen molar-refractivity contribution < 1.29 is 0 Å². The second-order valence-corrected chi connectivity index (χ2v) is 7.93.